The Labute approximate surface area is 89.0 Å². The first-order valence-corrected chi connectivity index (χ1v) is 3.57. The second kappa shape index (κ2) is 5.58. The number of benzene rings is 1. The first kappa shape index (κ1) is 9.80. The minimum Gasteiger partial charge on any atom is -0.180 e. The summed E-state index contributed by atoms with van der Waals surface area (Å²) in [5, 5.41) is 0.897. The van der Waals surface area contributed by atoms with Crippen molar-refractivity contribution in [2.24, 2.45) is 0 Å². The van der Waals surface area contributed by atoms with Gasteiger partial charge in [-0.25, -0.2) is 0 Å². The molecule has 0 aliphatic rings. The van der Waals surface area contributed by atoms with E-state index in [1.54, 1.807) is 0 Å². The Hall–Kier alpha value is 0.804. The van der Waals surface area contributed by atoms with E-state index in [2.05, 4.69) is 22.0 Å². The molecule has 0 amide bonds. The normalized spacial score (nSPS) is 8.11. The van der Waals surface area contributed by atoms with Gasteiger partial charge in [-0.1, -0.05) is 15.9 Å². The van der Waals surface area contributed by atoms with Crippen LogP contribution < -0.4 is 0 Å². The van der Waals surface area contributed by atoms with Crippen molar-refractivity contribution in [1.29, 1.82) is 0 Å². The van der Waals surface area contributed by atoms with Gasteiger partial charge in [0, 0.05) is 38.0 Å². The molecule has 1 rings (SSSR count). The monoisotopic (exact) mass is 258 g/mol. The van der Waals surface area contributed by atoms with Gasteiger partial charge in [0.2, 0.25) is 0 Å². The van der Waals surface area contributed by atoms with Gasteiger partial charge in [-0.15, -0.1) is 0 Å². The van der Waals surface area contributed by atoms with Gasteiger partial charge in [0.15, 0.2) is 0 Å². The zero-order chi connectivity index (χ0) is 5.82. The molecule has 1 radical (unpaired) electrons. The van der Waals surface area contributed by atoms with E-state index in [4.69, 9.17) is 0 Å². The summed E-state index contributed by atoms with van der Waals surface area (Å²) in [7, 11) is 0. The third-order valence-electron chi connectivity index (χ3n) is 0.917. The Morgan fingerprint density at radius 2 is 2.22 bits per heavy atom. The number of hydrogen-bond acceptors (Lipinski definition) is 0. The smallest absolute Gasteiger partial charge is 0.00563 e. The summed E-state index contributed by atoms with van der Waals surface area (Å²) in [5.74, 6) is 0. The Bertz CT molecular complexity index is 150. The molecule has 0 aromatic heterocycles. The summed E-state index contributed by atoms with van der Waals surface area (Å²) in [6.07, 6.45) is 0. The topological polar surface area (TPSA) is 0 Å². The van der Waals surface area contributed by atoms with Crippen LogP contribution in [0.3, 0.4) is 0 Å². The fourth-order valence-corrected chi connectivity index (χ4v) is 0.862. The molecule has 1 aromatic carbocycles. The van der Waals surface area contributed by atoms with Crippen molar-refractivity contribution in [1.82, 2.24) is 0 Å². The standard InChI is InChI=1S/C7H6Br.Y/c8-6-7-4-2-1-3-5-7;/h1-4H,6H2;/q-1;. The second-order valence-electron chi connectivity index (χ2n) is 1.52. The van der Waals surface area contributed by atoms with Crippen LogP contribution in [-0.4, -0.2) is 0 Å². The molecule has 0 atom stereocenters. The molecule has 45 valence electrons. The number of hydrogen-bond donors (Lipinski definition) is 0. The molecule has 0 bridgehead atoms. The molecule has 1 aromatic rings. The van der Waals surface area contributed by atoms with Gasteiger partial charge in [-0.2, -0.15) is 35.9 Å². The molecular formula is C7H6BrY-. The Morgan fingerprint density at radius 3 is 2.56 bits per heavy atom. The molecule has 9 heavy (non-hydrogen) atoms. The fourth-order valence-electron chi connectivity index (χ4n) is 0.514. The zero-order valence-electron chi connectivity index (χ0n) is 4.97. The Morgan fingerprint density at radius 1 is 1.44 bits per heavy atom. The maximum atomic E-state index is 3.33. The van der Waals surface area contributed by atoms with Crippen LogP contribution in [0.2, 0.25) is 0 Å². The van der Waals surface area contributed by atoms with Crippen molar-refractivity contribution < 1.29 is 32.7 Å². The zero-order valence-corrected chi connectivity index (χ0v) is 9.40. The van der Waals surface area contributed by atoms with Crippen LogP contribution in [0.25, 0.3) is 0 Å². The van der Waals surface area contributed by atoms with Crippen molar-refractivity contribution in [2.45, 2.75) is 5.33 Å². The van der Waals surface area contributed by atoms with E-state index in [0.717, 1.165) is 5.33 Å². The molecule has 0 N–H and O–H groups in total. The summed E-state index contributed by atoms with van der Waals surface area (Å²) in [6, 6.07) is 11.0. The first-order chi connectivity index (χ1) is 3.93. The van der Waals surface area contributed by atoms with Crippen LogP contribution in [-0.2, 0) is 38.0 Å². The van der Waals surface area contributed by atoms with Crippen molar-refractivity contribution in [3.63, 3.8) is 0 Å². The minimum absolute atomic E-state index is 0. The second-order valence-corrected chi connectivity index (χ2v) is 2.08. The summed E-state index contributed by atoms with van der Waals surface area (Å²) < 4.78 is 0. The van der Waals surface area contributed by atoms with E-state index in [0.29, 0.717) is 0 Å². The Kier molecular flexibility index (Phi) is 6.08. The minimum atomic E-state index is 0. The maximum Gasteiger partial charge on any atom is 0.00563 e. The predicted octanol–water partition coefficient (Wildman–Crippen LogP) is 2.38. The van der Waals surface area contributed by atoms with Gasteiger partial charge in [0.05, 0.1) is 0 Å². The van der Waals surface area contributed by atoms with E-state index >= 15 is 0 Å². The molecule has 0 heterocycles. The third-order valence-corrected chi connectivity index (χ3v) is 1.52. The van der Waals surface area contributed by atoms with Crippen LogP contribution in [0, 0.1) is 6.07 Å². The molecule has 0 saturated carbocycles. The van der Waals surface area contributed by atoms with E-state index in [1.165, 1.54) is 5.56 Å². The van der Waals surface area contributed by atoms with Crippen molar-refractivity contribution in [3.05, 3.63) is 35.9 Å². The number of alkyl halides is 1. The molecule has 0 unspecified atom stereocenters. The number of halogens is 1. The fraction of sp³-hybridized carbons (Fsp3) is 0.143. The van der Waals surface area contributed by atoms with Crippen LogP contribution in [0.1, 0.15) is 5.56 Å². The quantitative estimate of drug-likeness (QED) is 0.536. The van der Waals surface area contributed by atoms with Crippen molar-refractivity contribution >= 4 is 15.9 Å². The molecule has 2 heteroatoms. The van der Waals surface area contributed by atoms with Crippen molar-refractivity contribution in [3.8, 4) is 0 Å². The summed E-state index contributed by atoms with van der Waals surface area (Å²) in [4.78, 5) is 0. The summed E-state index contributed by atoms with van der Waals surface area (Å²) >= 11 is 3.33. The van der Waals surface area contributed by atoms with Crippen LogP contribution in [0.15, 0.2) is 24.3 Å². The van der Waals surface area contributed by atoms with Crippen LogP contribution >= 0.6 is 15.9 Å². The molecular weight excluding hydrogens is 253 g/mol. The largest absolute Gasteiger partial charge is 0.180 e. The average Bonchev–Trinajstić information content (AvgIpc) is 1.90. The summed E-state index contributed by atoms with van der Waals surface area (Å²) in [6.45, 7) is 0. The molecule has 0 saturated heterocycles. The predicted molar refractivity (Wildman–Crippen MR) is 37.9 cm³/mol. The van der Waals surface area contributed by atoms with E-state index in [-0.39, 0.29) is 32.7 Å². The molecule has 0 aliphatic carbocycles. The van der Waals surface area contributed by atoms with Gasteiger partial charge in [0.1, 0.15) is 0 Å². The van der Waals surface area contributed by atoms with Crippen molar-refractivity contribution in [2.75, 3.05) is 0 Å². The van der Waals surface area contributed by atoms with E-state index in [1.807, 2.05) is 24.3 Å². The average molecular weight is 259 g/mol. The van der Waals surface area contributed by atoms with Gasteiger partial charge >= 0.3 is 0 Å². The van der Waals surface area contributed by atoms with E-state index < -0.39 is 0 Å². The van der Waals surface area contributed by atoms with Crippen LogP contribution in [0.5, 0.6) is 0 Å². The third kappa shape index (κ3) is 3.49. The maximum absolute atomic E-state index is 3.33. The molecule has 0 aliphatic heterocycles. The SMILES string of the molecule is BrCc1[c-]cccc1.[Y]. The number of rotatable bonds is 1. The summed E-state index contributed by atoms with van der Waals surface area (Å²) in [5.41, 5.74) is 1.20. The Balaban J connectivity index is 0.000000640. The van der Waals surface area contributed by atoms with Gasteiger partial charge in [-0.05, 0) is 0 Å². The van der Waals surface area contributed by atoms with E-state index in [9.17, 15) is 0 Å². The van der Waals surface area contributed by atoms with Gasteiger partial charge < -0.3 is 0 Å². The van der Waals surface area contributed by atoms with Gasteiger partial charge in [-0.3, -0.25) is 0 Å². The van der Waals surface area contributed by atoms with Crippen LogP contribution in [0.4, 0.5) is 0 Å². The molecule has 0 spiro atoms. The van der Waals surface area contributed by atoms with Gasteiger partial charge in [0.25, 0.3) is 0 Å². The molecule has 0 nitrogen and oxygen atoms in total. The molecule has 0 fully saturated rings. The first-order valence-electron chi connectivity index (χ1n) is 2.45.